The lowest BCUT2D eigenvalue weighted by Crippen LogP contribution is -2.37. The molecule has 1 aromatic heterocycles. The first-order valence-electron chi connectivity index (χ1n) is 10.2. The standard InChI is InChI=1S/C24H23N3O5S/c1-31-18-9-5-16(6-10-18)25-22(28)14-21-23(29)27(17-7-11-19(32-2)12-8-17)24(30)26(21)15-20-4-3-13-33-20/h3-13,21H,14-15H2,1-2H3,(H,25,28). The Hall–Kier alpha value is -3.85. The highest BCUT2D eigenvalue weighted by atomic mass is 32.1. The number of amides is 4. The molecule has 0 saturated carbocycles. The van der Waals surface area contributed by atoms with Gasteiger partial charge in [0.15, 0.2) is 0 Å². The van der Waals surface area contributed by atoms with Crippen LogP contribution in [0.2, 0.25) is 0 Å². The van der Waals surface area contributed by atoms with Crippen molar-refractivity contribution in [1.29, 1.82) is 0 Å². The van der Waals surface area contributed by atoms with Crippen LogP contribution in [-0.2, 0) is 16.1 Å². The summed E-state index contributed by atoms with van der Waals surface area (Å²) in [6.07, 6.45) is -0.158. The van der Waals surface area contributed by atoms with Gasteiger partial charge in [-0.3, -0.25) is 9.59 Å². The molecule has 1 fully saturated rings. The van der Waals surface area contributed by atoms with E-state index in [1.807, 2.05) is 17.5 Å². The normalized spacial score (nSPS) is 15.6. The van der Waals surface area contributed by atoms with E-state index in [0.717, 1.165) is 9.78 Å². The number of methoxy groups -OCH3 is 2. The van der Waals surface area contributed by atoms with Crippen LogP contribution in [0, 0.1) is 0 Å². The average Bonchev–Trinajstić information content (AvgIpc) is 3.42. The van der Waals surface area contributed by atoms with Gasteiger partial charge in [-0.25, -0.2) is 9.69 Å². The molecule has 9 heteroatoms. The number of urea groups is 1. The van der Waals surface area contributed by atoms with Crippen molar-refractivity contribution >= 4 is 40.6 Å². The molecule has 4 rings (SSSR count). The number of carbonyl (C=O) groups excluding carboxylic acids is 3. The van der Waals surface area contributed by atoms with Crippen molar-refractivity contribution in [2.45, 2.75) is 19.0 Å². The molecule has 170 valence electrons. The van der Waals surface area contributed by atoms with Crippen LogP contribution >= 0.6 is 11.3 Å². The lowest BCUT2D eigenvalue weighted by molar-refractivity contribution is -0.124. The third-order valence-electron chi connectivity index (χ3n) is 5.31. The highest BCUT2D eigenvalue weighted by molar-refractivity contribution is 7.09. The molecule has 0 spiro atoms. The van der Waals surface area contributed by atoms with E-state index in [4.69, 9.17) is 9.47 Å². The van der Waals surface area contributed by atoms with E-state index < -0.39 is 18.0 Å². The zero-order valence-electron chi connectivity index (χ0n) is 18.2. The summed E-state index contributed by atoms with van der Waals surface area (Å²) in [4.78, 5) is 42.9. The van der Waals surface area contributed by atoms with Crippen LogP contribution in [0.5, 0.6) is 11.5 Å². The first kappa shape index (κ1) is 22.3. The molecule has 1 unspecified atom stereocenters. The van der Waals surface area contributed by atoms with Crippen molar-refractivity contribution in [2.75, 3.05) is 24.4 Å². The highest BCUT2D eigenvalue weighted by Gasteiger charge is 2.46. The Labute approximate surface area is 195 Å². The number of anilines is 2. The van der Waals surface area contributed by atoms with Gasteiger partial charge in [0.25, 0.3) is 5.91 Å². The fraction of sp³-hybridized carbons (Fsp3) is 0.208. The van der Waals surface area contributed by atoms with Crippen molar-refractivity contribution in [2.24, 2.45) is 0 Å². The van der Waals surface area contributed by atoms with E-state index in [0.29, 0.717) is 22.9 Å². The Balaban J connectivity index is 1.56. The zero-order valence-corrected chi connectivity index (χ0v) is 19.0. The van der Waals surface area contributed by atoms with Gasteiger partial charge in [-0.15, -0.1) is 11.3 Å². The number of nitrogens with one attached hydrogen (secondary N) is 1. The maximum absolute atomic E-state index is 13.3. The number of rotatable bonds is 8. The van der Waals surface area contributed by atoms with Crippen molar-refractivity contribution in [3.63, 3.8) is 0 Å². The summed E-state index contributed by atoms with van der Waals surface area (Å²) in [5.41, 5.74) is 1.01. The number of thiophene rings is 1. The summed E-state index contributed by atoms with van der Waals surface area (Å²) in [6, 6.07) is 16.0. The molecule has 4 amide bonds. The molecule has 0 radical (unpaired) electrons. The molecule has 1 saturated heterocycles. The Morgan fingerprint density at radius 2 is 1.61 bits per heavy atom. The summed E-state index contributed by atoms with van der Waals surface area (Å²) in [5.74, 6) is 0.483. The van der Waals surface area contributed by atoms with Crippen molar-refractivity contribution in [3.05, 3.63) is 70.9 Å². The third kappa shape index (κ3) is 4.83. The Bertz CT molecular complexity index is 1130. The van der Waals surface area contributed by atoms with Gasteiger partial charge in [-0.05, 0) is 60.0 Å². The minimum Gasteiger partial charge on any atom is -0.497 e. The van der Waals surface area contributed by atoms with E-state index in [1.165, 1.54) is 16.2 Å². The first-order valence-corrected chi connectivity index (χ1v) is 11.1. The van der Waals surface area contributed by atoms with E-state index in [2.05, 4.69) is 5.32 Å². The lowest BCUT2D eigenvalue weighted by Gasteiger charge is -2.21. The number of hydrogen-bond acceptors (Lipinski definition) is 6. The summed E-state index contributed by atoms with van der Waals surface area (Å²) in [7, 11) is 3.11. The largest absolute Gasteiger partial charge is 0.497 e. The van der Waals surface area contributed by atoms with Gasteiger partial charge in [0, 0.05) is 10.6 Å². The molecule has 1 aliphatic heterocycles. The van der Waals surface area contributed by atoms with E-state index in [-0.39, 0.29) is 18.9 Å². The summed E-state index contributed by atoms with van der Waals surface area (Å²) < 4.78 is 10.3. The SMILES string of the molecule is COc1ccc(NC(=O)CC2C(=O)N(c3ccc(OC)cc3)C(=O)N2Cc2cccs2)cc1. The second kappa shape index (κ2) is 9.74. The summed E-state index contributed by atoms with van der Waals surface area (Å²) >= 11 is 1.49. The van der Waals surface area contributed by atoms with Crippen LogP contribution in [0.3, 0.4) is 0 Å². The summed E-state index contributed by atoms with van der Waals surface area (Å²) in [5, 5.41) is 4.69. The monoisotopic (exact) mass is 465 g/mol. The molecule has 0 bridgehead atoms. The fourth-order valence-corrected chi connectivity index (χ4v) is 4.32. The maximum Gasteiger partial charge on any atom is 0.332 e. The number of benzene rings is 2. The molecule has 1 atom stereocenters. The van der Waals surface area contributed by atoms with E-state index in [1.54, 1.807) is 62.8 Å². The topological polar surface area (TPSA) is 88.2 Å². The highest BCUT2D eigenvalue weighted by Crippen LogP contribution is 2.30. The predicted octanol–water partition coefficient (Wildman–Crippen LogP) is 4.13. The first-order chi connectivity index (χ1) is 16.0. The van der Waals surface area contributed by atoms with Crippen LogP contribution in [-0.4, -0.2) is 43.0 Å². The fourth-order valence-electron chi connectivity index (χ4n) is 3.62. The minimum absolute atomic E-state index is 0.158. The molecule has 3 aromatic rings. The van der Waals surface area contributed by atoms with Gasteiger partial charge in [-0.1, -0.05) is 6.07 Å². The van der Waals surface area contributed by atoms with Crippen LogP contribution in [0.15, 0.2) is 66.0 Å². The maximum atomic E-state index is 13.3. The lowest BCUT2D eigenvalue weighted by atomic mass is 10.1. The Morgan fingerprint density at radius 1 is 0.970 bits per heavy atom. The van der Waals surface area contributed by atoms with Gasteiger partial charge in [-0.2, -0.15) is 0 Å². The second-order valence-electron chi connectivity index (χ2n) is 7.36. The van der Waals surface area contributed by atoms with Gasteiger partial charge >= 0.3 is 6.03 Å². The Kier molecular flexibility index (Phi) is 6.60. The number of imide groups is 1. The van der Waals surface area contributed by atoms with Gasteiger partial charge < -0.3 is 19.7 Å². The molecule has 1 N–H and O–H groups in total. The van der Waals surface area contributed by atoms with Crippen LogP contribution in [0.1, 0.15) is 11.3 Å². The van der Waals surface area contributed by atoms with Crippen molar-refractivity contribution < 1.29 is 23.9 Å². The van der Waals surface area contributed by atoms with E-state index >= 15 is 0 Å². The van der Waals surface area contributed by atoms with Gasteiger partial charge in [0.05, 0.1) is 32.9 Å². The zero-order chi connectivity index (χ0) is 23.4. The van der Waals surface area contributed by atoms with Crippen LogP contribution < -0.4 is 19.7 Å². The third-order valence-corrected chi connectivity index (χ3v) is 6.17. The number of nitrogens with zero attached hydrogens (tertiary/aromatic N) is 2. The predicted molar refractivity (Wildman–Crippen MR) is 126 cm³/mol. The number of carbonyl (C=O) groups is 3. The van der Waals surface area contributed by atoms with Crippen LogP contribution in [0.4, 0.5) is 16.2 Å². The van der Waals surface area contributed by atoms with Crippen molar-refractivity contribution in [3.8, 4) is 11.5 Å². The number of ether oxygens (including phenoxy) is 2. The average molecular weight is 466 g/mol. The van der Waals surface area contributed by atoms with Gasteiger partial charge in [0.1, 0.15) is 17.5 Å². The van der Waals surface area contributed by atoms with E-state index in [9.17, 15) is 14.4 Å². The smallest absolute Gasteiger partial charge is 0.332 e. The number of hydrogen-bond donors (Lipinski definition) is 1. The molecule has 2 heterocycles. The molecule has 33 heavy (non-hydrogen) atoms. The molecule has 0 aliphatic carbocycles. The molecule has 1 aliphatic rings. The van der Waals surface area contributed by atoms with Crippen molar-refractivity contribution in [1.82, 2.24) is 4.90 Å². The molecular formula is C24H23N3O5S. The quantitative estimate of drug-likeness (QED) is 0.506. The summed E-state index contributed by atoms with van der Waals surface area (Å²) in [6.45, 7) is 0.245. The molecule has 2 aromatic carbocycles. The molecular weight excluding hydrogens is 442 g/mol. The van der Waals surface area contributed by atoms with Crippen LogP contribution in [0.25, 0.3) is 0 Å². The minimum atomic E-state index is -0.917. The van der Waals surface area contributed by atoms with Gasteiger partial charge in [0.2, 0.25) is 5.91 Å². The molecule has 8 nitrogen and oxygen atoms in total. The Morgan fingerprint density at radius 3 is 2.18 bits per heavy atom. The second-order valence-corrected chi connectivity index (χ2v) is 8.39.